The molecule has 0 spiro atoms. The van der Waals surface area contributed by atoms with Gasteiger partial charge in [-0.25, -0.2) is 8.42 Å². The zero-order chi connectivity index (χ0) is 23.1. The largest absolute Gasteiger partial charge is 0.497 e. The number of nitrogens with zero attached hydrogens (tertiary/aromatic N) is 2. The van der Waals surface area contributed by atoms with E-state index in [1.807, 2.05) is 0 Å². The highest BCUT2D eigenvalue weighted by Gasteiger charge is 2.21. The van der Waals surface area contributed by atoms with Crippen molar-refractivity contribution in [1.29, 1.82) is 0 Å². The van der Waals surface area contributed by atoms with Gasteiger partial charge in [0, 0.05) is 11.8 Å². The molecule has 0 aliphatic heterocycles. The van der Waals surface area contributed by atoms with E-state index in [0.717, 1.165) is 6.07 Å². The van der Waals surface area contributed by atoms with Crippen LogP contribution in [0.2, 0.25) is 0 Å². The van der Waals surface area contributed by atoms with Crippen molar-refractivity contribution in [2.24, 2.45) is 5.10 Å². The highest BCUT2D eigenvalue weighted by molar-refractivity contribution is 7.92. The van der Waals surface area contributed by atoms with Gasteiger partial charge in [-0.05, 0) is 54.1 Å². The Morgan fingerprint density at radius 1 is 0.969 bits per heavy atom. The van der Waals surface area contributed by atoms with Crippen LogP contribution >= 0.6 is 0 Å². The van der Waals surface area contributed by atoms with E-state index in [-0.39, 0.29) is 10.6 Å². The molecule has 0 heterocycles. The third-order valence-electron chi connectivity index (χ3n) is 4.31. The van der Waals surface area contributed by atoms with Crippen LogP contribution in [0, 0.1) is 10.1 Å². The van der Waals surface area contributed by atoms with Crippen molar-refractivity contribution in [3.05, 3.63) is 82.4 Å². The van der Waals surface area contributed by atoms with E-state index in [0.29, 0.717) is 22.7 Å². The van der Waals surface area contributed by atoms with Crippen molar-refractivity contribution < 1.29 is 22.8 Å². The maximum Gasteiger partial charge on any atom is 0.295 e. The molecule has 0 aliphatic carbocycles. The number of nitro groups is 1. The predicted molar refractivity (Wildman–Crippen MR) is 121 cm³/mol. The van der Waals surface area contributed by atoms with Gasteiger partial charge in [-0.3, -0.25) is 20.3 Å². The molecule has 3 aromatic rings. The summed E-state index contributed by atoms with van der Waals surface area (Å²) < 4.78 is 37.9. The number of hydrogen-bond acceptors (Lipinski definition) is 8. The van der Waals surface area contributed by atoms with Gasteiger partial charge in [0.25, 0.3) is 15.7 Å². The maximum absolute atomic E-state index is 12.7. The third kappa shape index (κ3) is 5.52. The van der Waals surface area contributed by atoms with Gasteiger partial charge < -0.3 is 9.47 Å². The van der Waals surface area contributed by atoms with Gasteiger partial charge in [-0.15, -0.1) is 0 Å². The number of nitro benzene ring substituents is 1. The lowest BCUT2D eigenvalue weighted by atomic mass is 10.2. The molecule has 0 atom stereocenters. The van der Waals surface area contributed by atoms with E-state index in [2.05, 4.69) is 15.2 Å². The van der Waals surface area contributed by atoms with Crippen LogP contribution in [-0.2, 0) is 10.0 Å². The van der Waals surface area contributed by atoms with Crippen LogP contribution in [0.25, 0.3) is 0 Å². The maximum atomic E-state index is 12.7. The lowest BCUT2D eigenvalue weighted by Crippen LogP contribution is -2.13. The molecule has 10 nitrogen and oxygen atoms in total. The van der Waals surface area contributed by atoms with E-state index in [1.54, 1.807) is 36.4 Å². The zero-order valence-electron chi connectivity index (χ0n) is 17.2. The molecule has 0 amide bonds. The third-order valence-corrected chi connectivity index (χ3v) is 5.69. The molecule has 3 aromatic carbocycles. The Morgan fingerprint density at radius 3 is 2.34 bits per heavy atom. The molecule has 0 bridgehead atoms. The van der Waals surface area contributed by atoms with Gasteiger partial charge in [0.05, 0.1) is 30.3 Å². The zero-order valence-corrected chi connectivity index (χ0v) is 18.0. The van der Waals surface area contributed by atoms with Crippen LogP contribution in [0.4, 0.5) is 17.1 Å². The second-order valence-electron chi connectivity index (χ2n) is 6.42. The first-order valence-corrected chi connectivity index (χ1v) is 10.7. The van der Waals surface area contributed by atoms with Gasteiger partial charge in [-0.2, -0.15) is 5.10 Å². The normalized spacial score (nSPS) is 11.2. The van der Waals surface area contributed by atoms with Crippen molar-refractivity contribution in [2.75, 3.05) is 24.4 Å². The number of sulfonamides is 1. The monoisotopic (exact) mass is 456 g/mol. The average molecular weight is 456 g/mol. The van der Waals surface area contributed by atoms with Gasteiger partial charge >= 0.3 is 0 Å². The summed E-state index contributed by atoms with van der Waals surface area (Å²) in [7, 11) is -1.02. The predicted octanol–water partition coefficient (Wildman–Crippen LogP) is 3.86. The van der Waals surface area contributed by atoms with Crippen LogP contribution in [-0.4, -0.2) is 33.8 Å². The van der Waals surface area contributed by atoms with Crippen LogP contribution < -0.4 is 19.6 Å². The van der Waals surface area contributed by atoms with Gasteiger partial charge in [0.2, 0.25) is 0 Å². The molecule has 0 aromatic heterocycles. The molecule has 0 unspecified atom stereocenters. The number of nitrogens with one attached hydrogen (secondary N) is 2. The molecule has 0 radical (unpaired) electrons. The number of rotatable bonds is 9. The van der Waals surface area contributed by atoms with Gasteiger partial charge in [-0.1, -0.05) is 12.1 Å². The smallest absolute Gasteiger partial charge is 0.295 e. The molecule has 166 valence electrons. The van der Waals surface area contributed by atoms with Crippen LogP contribution in [0.5, 0.6) is 11.5 Å². The summed E-state index contributed by atoms with van der Waals surface area (Å²) in [5, 5.41) is 15.5. The van der Waals surface area contributed by atoms with Crippen molar-refractivity contribution >= 4 is 33.3 Å². The van der Waals surface area contributed by atoms with E-state index in [1.165, 1.54) is 44.7 Å². The van der Waals surface area contributed by atoms with Gasteiger partial charge in [0.1, 0.15) is 17.2 Å². The second-order valence-corrected chi connectivity index (χ2v) is 8.10. The molecular weight excluding hydrogens is 436 g/mol. The average Bonchev–Trinajstić information content (AvgIpc) is 2.79. The molecule has 0 saturated carbocycles. The Balaban J connectivity index is 1.81. The number of hydrogen-bond donors (Lipinski definition) is 2. The Morgan fingerprint density at radius 2 is 1.69 bits per heavy atom. The standard InChI is InChI=1S/C21H20N4O6S/c1-30-17-8-6-16(7-9-17)24-32(28,29)19-10-11-20(21(13-19)25(26)27)23-22-14-15-4-3-5-18(12-15)31-2/h3-14,23-24H,1-2H3. The Bertz CT molecular complexity index is 1240. The fourth-order valence-electron chi connectivity index (χ4n) is 2.70. The summed E-state index contributed by atoms with van der Waals surface area (Å²) in [5.74, 6) is 1.20. The fraction of sp³-hybridized carbons (Fsp3) is 0.0952. The van der Waals surface area contributed by atoms with E-state index in [9.17, 15) is 18.5 Å². The topological polar surface area (TPSA) is 132 Å². The van der Waals surface area contributed by atoms with E-state index < -0.39 is 20.6 Å². The second kappa shape index (κ2) is 9.79. The van der Waals surface area contributed by atoms with Crippen LogP contribution in [0.3, 0.4) is 0 Å². The first-order valence-electron chi connectivity index (χ1n) is 9.21. The molecular formula is C21H20N4O6S. The minimum absolute atomic E-state index is 0.0394. The fourth-order valence-corrected chi connectivity index (χ4v) is 3.77. The SMILES string of the molecule is COc1ccc(NS(=O)(=O)c2ccc(NN=Cc3cccc(OC)c3)c([N+](=O)[O-])c2)cc1. The summed E-state index contributed by atoms with van der Waals surface area (Å²) in [4.78, 5) is 10.6. The first kappa shape index (κ1) is 22.6. The number of ether oxygens (including phenoxy) is 2. The molecule has 0 aliphatic rings. The Hall–Kier alpha value is -4.12. The lowest BCUT2D eigenvalue weighted by Gasteiger charge is -2.10. The van der Waals surface area contributed by atoms with Crippen molar-refractivity contribution in [1.82, 2.24) is 0 Å². The first-order chi connectivity index (χ1) is 15.3. The molecule has 11 heteroatoms. The summed E-state index contributed by atoms with van der Waals surface area (Å²) in [5.41, 5.74) is 3.18. The van der Waals surface area contributed by atoms with Crippen LogP contribution in [0.15, 0.2) is 76.7 Å². The highest BCUT2D eigenvalue weighted by atomic mass is 32.2. The summed E-state index contributed by atoms with van der Waals surface area (Å²) >= 11 is 0. The molecule has 32 heavy (non-hydrogen) atoms. The summed E-state index contributed by atoms with van der Waals surface area (Å²) in [6.45, 7) is 0. The molecule has 0 saturated heterocycles. The quantitative estimate of drug-likeness (QED) is 0.284. The Labute approximate surface area is 184 Å². The van der Waals surface area contributed by atoms with Crippen molar-refractivity contribution in [3.63, 3.8) is 0 Å². The molecule has 3 rings (SSSR count). The lowest BCUT2D eigenvalue weighted by molar-refractivity contribution is -0.384. The van der Waals surface area contributed by atoms with E-state index in [4.69, 9.17) is 9.47 Å². The van der Waals surface area contributed by atoms with Crippen molar-refractivity contribution in [3.8, 4) is 11.5 Å². The number of hydrazone groups is 1. The summed E-state index contributed by atoms with van der Waals surface area (Å²) in [6, 6.07) is 16.8. The Kier molecular flexibility index (Phi) is 6.90. The van der Waals surface area contributed by atoms with Gasteiger partial charge in [0.15, 0.2) is 0 Å². The minimum atomic E-state index is -4.05. The number of methoxy groups -OCH3 is 2. The summed E-state index contributed by atoms with van der Waals surface area (Å²) in [6.07, 6.45) is 1.46. The van der Waals surface area contributed by atoms with E-state index >= 15 is 0 Å². The number of benzene rings is 3. The number of anilines is 2. The van der Waals surface area contributed by atoms with Crippen molar-refractivity contribution in [2.45, 2.75) is 4.90 Å². The minimum Gasteiger partial charge on any atom is -0.497 e. The molecule has 0 fully saturated rings. The van der Waals surface area contributed by atoms with Crippen LogP contribution in [0.1, 0.15) is 5.56 Å². The highest BCUT2D eigenvalue weighted by Crippen LogP contribution is 2.29. The molecule has 2 N–H and O–H groups in total.